The minimum absolute atomic E-state index is 0.130. The molecule has 7 nitrogen and oxygen atoms in total. The van der Waals surface area contributed by atoms with E-state index in [0.717, 1.165) is 4.90 Å². The predicted octanol–water partition coefficient (Wildman–Crippen LogP) is 3.06. The lowest BCUT2D eigenvalue weighted by molar-refractivity contribution is -0.133. The van der Waals surface area contributed by atoms with Gasteiger partial charge in [0.25, 0.3) is 5.91 Å². The summed E-state index contributed by atoms with van der Waals surface area (Å²) in [5.74, 6) is -1.19. The summed E-state index contributed by atoms with van der Waals surface area (Å²) in [4.78, 5) is 50.0. The Morgan fingerprint density at radius 3 is 2.54 bits per heavy atom. The van der Waals surface area contributed by atoms with Crippen LogP contribution in [0, 0.1) is 0 Å². The topological polar surface area (TPSA) is 95.6 Å². The predicted molar refractivity (Wildman–Crippen MR) is 107 cm³/mol. The average molecular weight is 444 g/mol. The van der Waals surface area contributed by atoms with E-state index in [1.165, 1.54) is 13.0 Å². The van der Waals surface area contributed by atoms with Crippen LogP contribution in [0.1, 0.15) is 29.8 Å². The van der Waals surface area contributed by atoms with Gasteiger partial charge in [0.1, 0.15) is 12.1 Å². The van der Waals surface area contributed by atoms with Crippen LogP contribution < -0.4 is 10.6 Å². The zero-order valence-corrected chi connectivity index (χ0v) is 16.9. The van der Waals surface area contributed by atoms with Crippen molar-refractivity contribution in [3.05, 3.63) is 64.1 Å². The smallest absolute Gasteiger partial charge is 0.325 e. The number of ketones is 1. The summed E-state index contributed by atoms with van der Waals surface area (Å²) < 4.78 is 0.679. The average Bonchev–Trinajstić information content (AvgIpc) is 2.86. The Morgan fingerprint density at radius 1 is 1.14 bits per heavy atom. The first-order chi connectivity index (χ1) is 13.2. The highest BCUT2D eigenvalue weighted by atomic mass is 79.9. The molecule has 8 heteroatoms. The van der Waals surface area contributed by atoms with Crippen LogP contribution in [0.25, 0.3) is 0 Å². The number of halogens is 1. The van der Waals surface area contributed by atoms with Gasteiger partial charge in [0.15, 0.2) is 5.78 Å². The number of rotatable bonds is 5. The van der Waals surface area contributed by atoms with Gasteiger partial charge in [0, 0.05) is 21.3 Å². The third-order valence-electron chi connectivity index (χ3n) is 4.54. The van der Waals surface area contributed by atoms with Gasteiger partial charge < -0.3 is 10.6 Å². The van der Waals surface area contributed by atoms with Gasteiger partial charge in [-0.15, -0.1) is 0 Å². The van der Waals surface area contributed by atoms with E-state index < -0.39 is 29.9 Å². The fraction of sp³-hybridized carbons (Fsp3) is 0.200. The number of benzene rings is 2. The van der Waals surface area contributed by atoms with Gasteiger partial charge in [-0.2, -0.15) is 0 Å². The lowest BCUT2D eigenvalue weighted by Gasteiger charge is -2.23. The maximum atomic E-state index is 12.9. The fourth-order valence-electron chi connectivity index (χ4n) is 3.05. The van der Waals surface area contributed by atoms with Crippen molar-refractivity contribution in [2.45, 2.75) is 19.4 Å². The van der Waals surface area contributed by atoms with E-state index in [2.05, 4.69) is 26.6 Å². The molecule has 0 bridgehead atoms. The van der Waals surface area contributed by atoms with Gasteiger partial charge in [-0.3, -0.25) is 19.3 Å². The fourth-order valence-corrected chi connectivity index (χ4v) is 3.73. The van der Waals surface area contributed by atoms with E-state index in [9.17, 15) is 19.2 Å². The molecule has 1 aliphatic rings. The monoisotopic (exact) mass is 443 g/mol. The molecule has 1 atom stereocenters. The molecular weight excluding hydrogens is 426 g/mol. The van der Waals surface area contributed by atoms with E-state index in [1.54, 1.807) is 49.4 Å². The molecule has 1 aliphatic heterocycles. The molecule has 0 saturated carbocycles. The second kappa shape index (κ2) is 7.55. The molecule has 1 fully saturated rings. The number of nitrogens with one attached hydrogen (secondary N) is 2. The highest BCUT2D eigenvalue weighted by molar-refractivity contribution is 9.10. The van der Waals surface area contributed by atoms with E-state index in [-0.39, 0.29) is 5.78 Å². The first kappa shape index (κ1) is 19.8. The van der Waals surface area contributed by atoms with Crippen molar-refractivity contribution in [1.82, 2.24) is 10.2 Å². The van der Waals surface area contributed by atoms with Gasteiger partial charge in [-0.1, -0.05) is 46.3 Å². The summed E-state index contributed by atoms with van der Waals surface area (Å²) in [6.45, 7) is 2.59. The Kier molecular flexibility index (Phi) is 5.33. The van der Waals surface area contributed by atoms with Crippen LogP contribution in [0.3, 0.4) is 0 Å². The minimum Gasteiger partial charge on any atom is -0.325 e. The van der Waals surface area contributed by atoms with Crippen molar-refractivity contribution < 1.29 is 19.2 Å². The molecule has 3 rings (SSSR count). The zero-order valence-electron chi connectivity index (χ0n) is 15.3. The minimum atomic E-state index is -1.27. The Balaban J connectivity index is 1.76. The summed E-state index contributed by atoms with van der Waals surface area (Å²) in [7, 11) is 0. The highest BCUT2D eigenvalue weighted by Gasteiger charge is 2.50. The van der Waals surface area contributed by atoms with Crippen molar-refractivity contribution in [3.63, 3.8) is 0 Å². The maximum absolute atomic E-state index is 12.9. The van der Waals surface area contributed by atoms with E-state index in [0.29, 0.717) is 21.3 Å². The number of hydrogen-bond acceptors (Lipinski definition) is 4. The molecule has 1 heterocycles. The molecule has 0 spiro atoms. The van der Waals surface area contributed by atoms with Crippen LogP contribution in [0.15, 0.2) is 53.0 Å². The van der Waals surface area contributed by atoms with E-state index in [1.807, 2.05) is 0 Å². The van der Waals surface area contributed by atoms with Crippen LogP contribution in [-0.4, -0.2) is 35.1 Å². The van der Waals surface area contributed by atoms with Gasteiger partial charge >= 0.3 is 6.03 Å². The number of carbonyl (C=O) groups is 4. The molecule has 28 heavy (non-hydrogen) atoms. The Hall–Kier alpha value is -3.00. The highest BCUT2D eigenvalue weighted by Crippen LogP contribution is 2.33. The summed E-state index contributed by atoms with van der Waals surface area (Å²) >= 11 is 3.39. The number of amides is 4. The third-order valence-corrected chi connectivity index (χ3v) is 5.23. The van der Waals surface area contributed by atoms with Gasteiger partial charge in [0.05, 0.1) is 0 Å². The first-order valence-electron chi connectivity index (χ1n) is 8.52. The Morgan fingerprint density at radius 2 is 1.86 bits per heavy atom. The zero-order chi connectivity index (χ0) is 20.5. The summed E-state index contributed by atoms with van der Waals surface area (Å²) in [5, 5.41) is 5.27. The lowest BCUT2D eigenvalue weighted by Crippen LogP contribution is -2.42. The standard InChI is InChI=1S/C20H18BrN3O4/c1-12(25)13-6-5-7-14(10-13)22-17(26)11-24-18(27)20(2,23-19(24)28)15-8-3-4-9-16(15)21/h3-10H,11H2,1-2H3,(H,22,26)(H,23,28)/t20-/m0/s1. The quantitative estimate of drug-likeness (QED) is 0.548. The number of nitrogens with zero attached hydrogens (tertiary/aromatic N) is 1. The SMILES string of the molecule is CC(=O)c1cccc(NC(=O)CN2C(=O)N[C@@](C)(c3ccccc3Br)C2=O)c1. The van der Waals surface area contributed by atoms with Gasteiger partial charge in [-0.25, -0.2) is 4.79 Å². The molecule has 0 unspecified atom stereocenters. The van der Waals surface area contributed by atoms with Crippen molar-refractivity contribution in [1.29, 1.82) is 0 Å². The maximum Gasteiger partial charge on any atom is 0.325 e. The normalized spacial score (nSPS) is 18.8. The van der Waals surface area contributed by atoms with Crippen molar-refractivity contribution in [2.24, 2.45) is 0 Å². The van der Waals surface area contributed by atoms with Crippen LogP contribution in [0.2, 0.25) is 0 Å². The molecule has 144 valence electrons. The van der Waals surface area contributed by atoms with Crippen molar-refractivity contribution in [2.75, 3.05) is 11.9 Å². The molecule has 2 N–H and O–H groups in total. The third kappa shape index (κ3) is 3.68. The first-order valence-corrected chi connectivity index (χ1v) is 9.31. The molecule has 2 aromatic rings. The summed E-state index contributed by atoms with van der Waals surface area (Å²) in [6.07, 6.45) is 0. The Bertz CT molecular complexity index is 991. The largest absolute Gasteiger partial charge is 0.325 e. The molecule has 0 radical (unpaired) electrons. The number of urea groups is 1. The van der Waals surface area contributed by atoms with Crippen LogP contribution in [0.4, 0.5) is 10.5 Å². The molecule has 1 saturated heterocycles. The lowest BCUT2D eigenvalue weighted by atomic mass is 9.92. The van der Waals surface area contributed by atoms with Crippen LogP contribution >= 0.6 is 15.9 Å². The molecular formula is C20H18BrN3O4. The number of anilines is 1. The van der Waals surface area contributed by atoms with Gasteiger partial charge in [0.2, 0.25) is 5.91 Å². The Labute approximate surface area is 170 Å². The number of hydrogen-bond donors (Lipinski definition) is 2. The second-order valence-electron chi connectivity index (χ2n) is 6.61. The van der Waals surface area contributed by atoms with E-state index in [4.69, 9.17) is 0 Å². The van der Waals surface area contributed by atoms with Crippen molar-refractivity contribution >= 4 is 45.2 Å². The number of Topliss-reactive ketones (excluding diaryl/α,β-unsaturated/α-hetero) is 1. The molecule has 4 amide bonds. The molecule has 0 aromatic heterocycles. The number of carbonyl (C=O) groups excluding carboxylic acids is 4. The van der Waals surface area contributed by atoms with Crippen LogP contribution in [0.5, 0.6) is 0 Å². The van der Waals surface area contributed by atoms with E-state index >= 15 is 0 Å². The molecule has 0 aliphatic carbocycles. The summed E-state index contributed by atoms with van der Waals surface area (Å²) in [6, 6.07) is 12.9. The van der Waals surface area contributed by atoms with Crippen molar-refractivity contribution in [3.8, 4) is 0 Å². The molecule has 2 aromatic carbocycles. The number of imide groups is 1. The van der Waals surface area contributed by atoms with Gasteiger partial charge in [-0.05, 0) is 32.0 Å². The van der Waals surface area contributed by atoms with Crippen LogP contribution in [-0.2, 0) is 15.1 Å². The second-order valence-corrected chi connectivity index (χ2v) is 7.47. The summed E-state index contributed by atoms with van der Waals surface area (Å²) in [5.41, 5.74) is 0.199.